The molecule has 0 unspecified atom stereocenters. The third-order valence-corrected chi connectivity index (χ3v) is 4.91. The lowest BCUT2D eigenvalue weighted by atomic mass is 10.1. The van der Waals surface area contributed by atoms with Crippen LogP contribution in [0, 0.1) is 0 Å². The quantitative estimate of drug-likeness (QED) is 0.357. The Morgan fingerprint density at radius 2 is 2.03 bits per heavy atom. The van der Waals surface area contributed by atoms with Gasteiger partial charge in [0.25, 0.3) is 0 Å². The maximum Gasteiger partial charge on any atom is 0.222 e. The average molecular weight is 403 g/mol. The highest BCUT2D eigenvalue weighted by Gasteiger charge is 2.15. The number of aliphatic imine (C=N–C) groups is 1. The summed E-state index contributed by atoms with van der Waals surface area (Å²) < 4.78 is 5.69. The van der Waals surface area contributed by atoms with E-state index in [1.165, 1.54) is 17.5 Å². The first kappa shape index (κ1) is 23.2. The molecule has 1 heterocycles. The fourth-order valence-corrected chi connectivity index (χ4v) is 3.34. The summed E-state index contributed by atoms with van der Waals surface area (Å²) in [6, 6.07) is 8.39. The lowest BCUT2D eigenvalue weighted by molar-refractivity contribution is -0.130. The van der Waals surface area contributed by atoms with Gasteiger partial charge in [0.1, 0.15) is 0 Å². The molecule has 0 aliphatic carbocycles. The van der Waals surface area contributed by atoms with Gasteiger partial charge in [-0.2, -0.15) is 0 Å². The van der Waals surface area contributed by atoms with E-state index < -0.39 is 0 Å². The van der Waals surface area contributed by atoms with Crippen molar-refractivity contribution in [1.82, 2.24) is 15.5 Å². The van der Waals surface area contributed by atoms with E-state index in [9.17, 15) is 4.79 Å². The molecule has 29 heavy (non-hydrogen) atoms. The molecule has 0 spiro atoms. The zero-order chi connectivity index (χ0) is 20.9. The van der Waals surface area contributed by atoms with E-state index >= 15 is 0 Å². The summed E-state index contributed by atoms with van der Waals surface area (Å²) in [4.78, 5) is 18.8. The number of carbonyl (C=O) groups is 1. The molecule has 0 saturated carbocycles. The zero-order valence-corrected chi connectivity index (χ0v) is 18.4. The smallest absolute Gasteiger partial charge is 0.222 e. The molecule has 0 radical (unpaired) electrons. The highest BCUT2D eigenvalue weighted by atomic mass is 16.5. The molecule has 6 nitrogen and oxygen atoms in total. The Kier molecular flexibility index (Phi) is 10.6. The topological polar surface area (TPSA) is 66.0 Å². The number of hydrogen-bond donors (Lipinski definition) is 2. The van der Waals surface area contributed by atoms with Gasteiger partial charge in [0.15, 0.2) is 5.96 Å². The number of rotatable bonds is 10. The predicted molar refractivity (Wildman–Crippen MR) is 119 cm³/mol. The van der Waals surface area contributed by atoms with E-state index in [4.69, 9.17) is 9.73 Å². The largest absolute Gasteiger partial charge is 0.374 e. The minimum atomic E-state index is 0.228. The fourth-order valence-electron chi connectivity index (χ4n) is 3.34. The van der Waals surface area contributed by atoms with Gasteiger partial charge in [0, 0.05) is 32.6 Å². The number of likely N-dealkylation sites (tertiary alicyclic amines) is 1. The summed E-state index contributed by atoms with van der Waals surface area (Å²) in [5.41, 5.74) is 2.34. The molecule has 6 heteroatoms. The van der Waals surface area contributed by atoms with Crippen molar-refractivity contribution in [3.05, 3.63) is 35.4 Å². The van der Waals surface area contributed by atoms with Gasteiger partial charge >= 0.3 is 0 Å². The Morgan fingerprint density at radius 1 is 1.21 bits per heavy atom. The van der Waals surface area contributed by atoms with E-state index in [0.717, 1.165) is 51.4 Å². The molecule has 0 atom stereocenters. The van der Waals surface area contributed by atoms with Crippen LogP contribution in [0.5, 0.6) is 0 Å². The molecule has 1 aromatic rings. The minimum absolute atomic E-state index is 0.228. The summed E-state index contributed by atoms with van der Waals surface area (Å²) in [5.74, 6) is 1.13. The number of nitrogens with zero attached hydrogens (tertiary/aromatic N) is 2. The summed E-state index contributed by atoms with van der Waals surface area (Å²) >= 11 is 0. The summed E-state index contributed by atoms with van der Waals surface area (Å²) in [7, 11) is 0. The van der Waals surface area contributed by atoms with Crippen molar-refractivity contribution in [3.63, 3.8) is 0 Å². The van der Waals surface area contributed by atoms with Crippen molar-refractivity contribution in [2.75, 3.05) is 26.2 Å². The van der Waals surface area contributed by atoms with Gasteiger partial charge in [-0.25, -0.2) is 4.99 Å². The van der Waals surface area contributed by atoms with Crippen molar-refractivity contribution in [1.29, 1.82) is 0 Å². The van der Waals surface area contributed by atoms with Gasteiger partial charge in [0.2, 0.25) is 5.91 Å². The number of carbonyl (C=O) groups excluding carboxylic acids is 1. The second kappa shape index (κ2) is 13.2. The van der Waals surface area contributed by atoms with Crippen LogP contribution in [0.15, 0.2) is 29.3 Å². The lowest BCUT2D eigenvalue weighted by Gasteiger charge is -2.20. The van der Waals surface area contributed by atoms with Crippen LogP contribution >= 0.6 is 0 Å². The first-order valence-electron chi connectivity index (χ1n) is 11.1. The average Bonchev–Trinajstić information content (AvgIpc) is 2.92. The van der Waals surface area contributed by atoms with Crippen LogP contribution in [0.25, 0.3) is 0 Å². The Labute approximate surface area is 176 Å². The summed E-state index contributed by atoms with van der Waals surface area (Å²) in [6.45, 7) is 10.8. The number of ether oxygens (including phenoxy) is 1. The van der Waals surface area contributed by atoms with Crippen molar-refractivity contribution in [2.45, 2.75) is 72.1 Å². The van der Waals surface area contributed by atoms with Crippen LogP contribution < -0.4 is 10.6 Å². The van der Waals surface area contributed by atoms with Crippen LogP contribution in [0.4, 0.5) is 0 Å². The maximum atomic E-state index is 12.1. The Bertz CT molecular complexity index is 646. The third kappa shape index (κ3) is 9.31. The first-order chi connectivity index (χ1) is 14.1. The third-order valence-electron chi connectivity index (χ3n) is 4.91. The first-order valence-corrected chi connectivity index (χ1v) is 11.1. The SMILES string of the molecule is CCNC(=NCc1cccc(COC(C)C)c1)NCCCN1CCCCCC1=O. The van der Waals surface area contributed by atoms with Crippen molar-refractivity contribution >= 4 is 11.9 Å². The standard InChI is InChI=1S/C23H38N4O2/c1-4-24-23(25-13-9-15-27-14-7-5-6-12-22(27)28)26-17-20-10-8-11-21(16-20)18-29-19(2)3/h8,10-11,16,19H,4-7,9,12-15,17-18H2,1-3H3,(H2,24,25,26). The predicted octanol–water partition coefficient (Wildman–Crippen LogP) is 3.46. The van der Waals surface area contributed by atoms with Gasteiger partial charge in [0.05, 0.1) is 19.3 Å². The van der Waals surface area contributed by atoms with Crippen LogP contribution in [-0.4, -0.2) is 49.0 Å². The molecule has 0 bridgehead atoms. The molecule has 1 aromatic carbocycles. The van der Waals surface area contributed by atoms with Crippen LogP contribution in [0.2, 0.25) is 0 Å². The molecular formula is C23H38N4O2. The Hall–Kier alpha value is -2.08. The van der Waals surface area contributed by atoms with Gasteiger partial charge in [-0.3, -0.25) is 4.79 Å². The lowest BCUT2D eigenvalue weighted by Crippen LogP contribution is -2.39. The number of guanidine groups is 1. The van der Waals surface area contributed by atoms with Crippen molar-refractivity contribution < 1.29 is 9.53 Å². The molecule has 1 amide bonds. The highest BCUT2D eigenvalue weighted by Crippen LogP contribution is 2.11. The number of hydrogen-bond acceptors (Lipinski definition) is 3. The van der Waals surface area contributed by atoms with Gasteiger partial charge in [-0.05, 0) is 51.2 Å². The normalized spacial score (nSPS) is 15.5. The maximum absolute atomic E-state index is 12.1. The van der Waals surface area contributed by atoms with E-state index in [0.29, 0.717) is 25.5 Å². The Balaban J connectivity index is 1.80. The van der Waals surface area contributed by atoms with Gasteiger partial charge in [-0.1, -0.05) is 30.7 Å². The monoisotopic (exact) mass is 402 g/mol. The molecule has 2 rings (SSSR count). The second-order valence-electron chi connectivity index (χ2n) is 7.85. The molecule has 1 aliphatic heterocycles. The fraction of sp³-hybridized carbons (Fsp3) is 0.652. The van der Waals surface area contributed by atoms with E-state index in [1.54, 1.807) is 0 Å². The molecule has 1 aliphatic rings. The zero-order valence-electron chi connectivity index (χ0n) is 18.4. The van der Waals surface area contributed by atoms with Crippen LogP contribution in [0.1, 0.15) is 64.0 Å². The van der Waals surface area contributed by atoms with Crippen molar-refractivity contribution in [3.8, 4) is 0 Å². The molecule has 1 fully saturated rings. The van der Waals surface area contributed by atoms with E-state index in [-0.39, 0.29) is 6.10 Å². The highest BCUT2D eigenvalue weighted by molar-refractivity contribution is 5.79. The molecule has 2 N–H and O–H groups in total. The molecule has 162 valence electrons. The second-order valence-corrected chi connectivity index (χ2v) is 7.85. The van der Waals surface area contributed by atoms with E-state index in [2.05, 4.69) is 41.8 Å². The van der Waals surface area contributed by atoms with Crippen molar-refractivity contribution in [2.24, 2.45) is 4.99 Å². The summed E-state index contributed by atoms with van der Waals surface area (Å²) in [6.07, 6.45) is 5.20. The molecular weight excluding hydrogens is 364 g/mol. The van der Waals surface area contributed by atoms with Crippen LogP contribution in [0.3, 0.4) is 0 Å². The van der Waals surface area contributed by atoms with E-state index in [1.807, 2.05) is 18.7 Å². The number of nitrogens with one attached hydrogen (secondary N) is 2. The number of amides is 1. The summed E-state index contributed by atoms with van der Waals surface area (Å²) in [5, 5.41) is 6.69. The van der Waals surface area contributed by atoms with Gasteiger partial charge < -0.3 is 20.3 Å². The Morgan fingerprint density at radius 3 is 2.83 bits per heavy atom. The van der Waals surface area contributed by atoms with Gasteiger partial charge in [-0.15, -0.1) is 0 Å². The number of benzene rings is 1. The molecule has 0 aromatic heterocycles. The van der Waals surface area contributed by atoms with Crippen LogP contribution in [-0.2, 0) is 22.7 Å². The molecule has 1 saturated heterocycles. The minimum Gasteiger partial charge on any atom is -0.374 e.